The fourth-order valence-corrected chi connectivity index (χ4v) is 1.90. The summed E-state index contributed by atoms with van der Waals surface area (Å²) in [7, 11) is 2.12. The number of nitrogens with zero attached hydrogens (tertiary/aromatic N) is 2. The minimum Gasteiger partial charge on any atom is -0.338 e. The number of unbranched alkanes of at least 4 members (excludes halogenated alkanes) is 1. The van der Waals surface area contributed by atoms with Crippen molar-refractivity contribution >= 4 is 6.03 Å². The molecule has 0 spiro atoms. The molecule has 0 aliphatic carbocycles. The predicted octanol–water partition coefficient (Wildman–Crippen LogP) is 1.52. The van der Waals surface area contributed by atoms with Crippen LogP contribution < -0.4 is 5.32 Å². The maximum Gasteiger partial charge on any atom is 0.317 e. The monoisotopic (exact) mass is 227 g/mol. The summed E-state index contributed by atoms with van der Waals surface area (Å²) in [5.74, 6) is 0. The Morgan fingerprint density at radius 1 is 1.38 bits per heavy atom. The van der Waals surface area contributed by atoms with E-state index in [1.54, 1.807) is 0 Å². The van der Waals surface area contributed by atoms with Gasteiger partial charge in [-0.1, -0.05) is 13.3 Å². The largest absolute Gasteiger partial charge is 0.338 e. The molecule has 16 heavy (non-hydrogen) atoms. The van der Waals surface area contributed by atoms with E-state index in [0.29, 0.717) is 0 Å². The summed E-state index contributed by atoms with van der Waals surface area (Å²) >= 11 is 0. The first-order chi connectivity index (χ1) is 7.47. The zero-order valence-electron chi connectivity index (χ0n) is 11.0. The summed E-state index contributed by atoms with van der Waals surface area (Å²) in [6.45, 7) is 9.87. The molecule has 1 heterocycles. The van der Waals surface area contributed by atoms with Crippen LogP contribution >= 0.6 is 0 Å². The summed E-state index contributed by atoms with van der Waals surface area (Å²) in [6, 6.07) is 0.0922. The molecule has 0 aromatic rings. The zero-order valence-corrected chi connectivity index (χ0v) is 11.0. The second-order valence-corrected chi connectivity index (χ2v) is 5.24. The zero-order chi connectivity index (χ0) is 12.2. The van der Waals surface area contributed by atoms with Crippen molar-refractivity contribution in [1.82, 2.24) is 15.1 Å². The van der Waals surface area contributed by atoms with Crippen LogP contribution in [0.3, 0.4) is 0 Å². The van der Waals surface area contributed by atoms with E-state index in [2.05, 4.69) is 38.0 Å². The van der Waals surface area contributed by atoms with Gasteiger partial charge in [0.05, 0.1) is 0 Å². The van der Waals surface area contributed by atoms with E-state index >= 15 is 0 Å². The first-order valence-electron chi connectivity index (χ1n) is 6.21. The molecule has 0 aromatic heterocycles. The molecule has 1 fully saturated rings. The third-order valence-electron chi connectivity index (χ3n) is 3.41. The van der Waals surface area contributed by atoms with Crippen molar-refractivity contribution in [3.8, 4) is 0 Å². The number of amides is 2. The van der Waals surface area contributed by atoms with Gasteiger partial charge in [-0.15, -0.1) is 0 Å². The van der Waals surface area contributed by atoms with Crippen LogP contribution in [0.2, 0.25) is 0 Å². The number of hydrogen-bond acceptors (Lipinski definition) is 2. The summed E-state index contributed by atoms with van der Waals surface area (Å²) in [6.07, 6.45) is 2.18. The van der Waals surface area contributed by atoms with Crippen LogP contribution in [0.1, 0.15) is 33.6 Å². The molecule has 0 atom stereocenters. The van der Waals surface area contributed by atoms with Crippen LogP contribution in [0.15, 0.2) is 0 Å². The number of hydrogen-bond donors (Lipinski definition) is 1. The normalized spacial score (nSPS) is 20.9. The van der Waals surface area contributed by atoms with Gasteiger partial charge in [0.1, 0.15) is 0 Å². The lowest BCUT2D eigenvalue weighted by molar-refractivity contribution is 0.0571. The third-order valence-corrected chi connectivity index (χ3v) is 3.41. The van der Waals surface area contributed by atoms with Gasteiger partial charge in [-0.2, -0.15) is 0 Å². The van der Waals surface area contributed by atoms with Crippen LogP contribution in [0.25, 0.3) is 0 Å². The maximum atomic E-state index is 11.9. The fourth-order valence-electron chi connectivity index (χ4n) is 1.90. The highest BCUT2D eigenvalue weighted by Gasteiger charge is 2.32. The van der Waals surface area contributed by atoms with Crippen molar-refractivity contribution in [3.63, 3.8) is 0 Å². The Morgan fingerprint density at radius 3 is 2.62 bits per heavy atom. The molecule has 94 valence electrons. The van der Waals surface area contributed by atoms with Crippen molar-refractivity contribution in [1.29, 1.82) is 0 Å². The summed E-state index contributed by atoms with van der Waals surface area (Å²) < 4.78 is 0. The van der Waals surface area contributed by atoms with Gasteiger partial charge < -0.3 is 10.2 Å². The van der Waals surface area contributed by atoms with E-state index in [4.69, 9.17) is 0 Å². The third kappa shape index (κ3) is 3.37. The topological polar surface area (TPSA) is 35.6 Å². The van der Waals surface area contributed by atoms with Gasteiger partial charge in [-0.25, -0.2) is 4.79 Å². The van der Waals surface area contributed by atoms with Gasteiger partial charge in [-0.05, 0) is 27.3 Å². The number of likely N-dealkylation sites (N-methyl/N-ethyl adjacent to an activating group) is 1. The van der Waals surface area contributed by atoms with Crippen molar-refractivity contribution in [3.05, 3.63) is 0 Å². The summed E-state index contributed by atoms with van der Waals surface area (Å²) in [5.41, 5.74) is 0.0837. The number of rotatable bonds is 3. The number of piperazine rings is 1. The average Bonchev–Trinajstić information content (AvgIpc) is 2.22. The molecule has 0 aromatic carbocycles. The molecule has 1 rings (SSSR count). The maximum absolute atomic E-state index is 11.9. The Bertz CT molecular complexity index is 240. The van der Waals surface area contributed by atoms with Crippen LogP contribution in [0, 0.1) is 0 Å². The molecule has 0 unspecified atom stereocenters. The second kappa shape index (κ2) is 5.53. The predicted molar refractivity (Wildman–Crippen MR) is 66.6 cm³/mol. The van der Waals surface area contributed by atoms with Crippen molar-refractivity contribution in [2.45, 2.75) is 39.2 Å². The minimum absolute atomic E-state index is 0.0837. The van der Waals surface area contributed by atoms with E-state index in [1.165, 1.54) is 0 Å². The SMILES string of the molecule is CCCCNC(=O)N1CCN(C)C(C)(C)C1. The molecule has 1 aliphatic heterocycles. The fraction of sp³-hybridized carbons (Fsp3) is 0.917. The molecule has 1 N–H and O–H groups in total. The number of carbonyl (C=O) groups is 1. The van der Waals surface area contributed by atoms with E-state index in [0.717, 1.165) is 39.0 Å². The molecule has 1 saturated heterocycles. The lowest BCUT2D eigenvalue weighted by Crippen LogP contribution is -2.60. The van der Waals surface area contributed by atoms with Crippen LogP contribution in [-0.4, -0.2) is 54.6 Å². The molecular formula is C12H25N3O. The van der Waals surface area contributed by atoms with Crippen molar-refractivity contribution in [2.75, 3.05) is 33.2 Å². The smallest absolute Gasteiger partial charge is 0.317 e. The molecule has 0 radical (unpaired) electrons. The summed E-state index contributed by atoms with van der Waals surface area (Å²) in [5, 5.41) is 2.97. The molecule has 4 nitrogen and oxygen atoms in total. The lowest BCUT2D eigenvalue weighted by Gasteiger charge is -2.45. The Balaban J connectivity index is 2.40. The van der Waals surface area contributed by atoms with E-state index in [9.17, 15) is 4.79 Å². The van der Waals surface area contributed by atoms with Crippen molar-refractivity contribution < 1.29 is 4.79 Å². The van der Waals surface area contributed by atoms with E-state index < -0.39 is 0 Å². The van der Waals surface area contributed by atoms with Gasteiger partial charge in [0.2, 0.25) is 0 Å². The Hall–Kier alpha value is -0.770. The first kappa shape index (κ1) is 13.3. The van der Waals surface area contributed by atoms with Gasteiger partial charge in [-0.3, -0.25) is 4.90 Å². The lowest BCUT2D eigenvalue weighted by atomic mass is 10.0. The highest BCUT2D eigenvalue weighted by Crippen LogP contribution is 2.18. The molecular weight excluding hydrogens is 202 g/mol. The highest BCUT2D eigenvalue weighted by atomic mass is 16.2. The van der Waals surface area contributed by atoms with Crippen LogP contribution in [-0.2, 0) is 0 Å². The molecule has 4 heteroatoms. The number of nitrogens with one attached hydrogen (secondary N) is 1. The summed E-state index contributed by atoms with van der Waals surface area (Å²) in [4.78, 5) is 16.1. The Morgan fingerprint density at radius 2 is 2.06 bits per heavy atom. The number of carbonyl (C=O) groups excluding carboxylic acids is 1. The van der Waals surface area contributed by atoms with Gasteiger partial charge >= 0.3 is 6.03 Å². The standard InChI is InChI=1S/C12H25N3O/c1-5-6-7-13-11(16)15-9-8-14(4)12(2,3)10-15/h5-10H2,1-4H3,(H,13,16). The van der Waals surface area contributed by atoms with Crippen LogP contribution in [0.4, 0.5) is 4.79 Å². The van der Waals surface area contributed by atoms with E-state index in [-0.39, 0.29) is 11.6 Å². The average molecular weight is 227 g/mol. The Labute approximate surface area is 99.0 Å². The highest BCUT2D eigenvalue weighted by molar-refractivity contribution is 5.74. The van der Waals surface area contributed by atoms with Gasteiger partial charge in [0.25, 0.3) is 0 Å². The van der Waals surface area contributed by atoms with Crippen LogP contribution in [0.5, 0.6) is 0 Å². The quantitative estimate of drug-likeness (QED) is 0.742. The minimum atomic E-state index is 0.0837. The second-order valence-electron chi connectivity index (χ2n) is 5.24. The Kier molecular flexibility index (Phi) is 4.59. The van der Waals surface area contributed by atoms with E-state index in [1.807, 2.05) is 4.90 Å². The van der Waals surface area contributed by atoms with Gasteiger partial charge in [0.15, 0.2) is 0 Å². The van der Waals surface area contributed by atoms with Gasteiger partial charge in [0, 0.05) is 31.7 Å². The van der Waals surface area contributed by atoms with Crippen molar-refractivity contribution in [2.24, 2.45) is 0 Å². The molecule has 0 bridgehead atoms. The molecule has 0 saturated carbocycles. The molecule has 2 amide bonds. The first-order valence-corrected chi connectivity index (χ1v) is 6.21. The molecule has 1 aliphatic rings. The number of urea groups is 1.